The van der Waals surface area contributed by atoms with E-state index in [4.69, 9.17) is 0 Å². The Hall–Kier alpha value is -2.81. The molecule has 0 fully saturated rings. The lowest BCUT2D eigenvalue weighted by atomic mass is 9.86. The SMILES string of the molecule is CCCc1ccc(-c2ccc(-c3ccc(C(=O)C(C)(C)C)cc3)cc2)c(F)c1F. The first-order chi connectivity index (χ1) is 13.7. The van der Waals surface area contributed by atoms with E-state index in [0.29, 0.717) is 23.1 Å². The highest BCUT2D eigenvalue weighted by Crippen LogP contribution is 2.30. The molecule has 0 aliphatic heterocycles. The van der Waals surface area contributed by atoms with Crippen molar-refractivity contribution >= 4 is 5.78 Å². The molecule has 3 aromatic carbocycles. The molecule has 0 saturated heterocycles. The van der Waals surface area contributed by atoms with Gasteiger partial charge in [0.2, 0.25) is 0 Å². The molecule has 0 N–H and O–H groups in total. The van der Waals surface area contributed by atoms with Gasteiger partial charge in [-0.25, -0.2) is 8.78 Å². The van der Waals surface area contributed by atoms with E-state index in [1.54, 1.807) is 24.3 Å². The molecule has 3 aromatic rings. The van der Waals surface area contributed by atoms with Crippen LogP contribution >= 0.6 is 0 Å². The van der Waals surface area contributed by atoms with E-state index in [1.807, 2.05) is 64.1 Å². The quantitative estimate of drug-likeness (QED) is 0.411. The number of aryl methyl sites for hydroxylation is 1. The van der Waals surface area contributed by atoms with Crippen LogP contribution in [-0.4, -0.2) is 5.78 Å². The predicted octanol–water partition coefficient (Wildman–Crippen LogP) is 7.48. The number of hydrogen-bond donors (Lipinski definition) is 0. The van der Waals surface area contributed by atoms with Gasteiger partial charge >= 0.3 is 0 Å². The number of ketones is 1. The van der Waals surface area contributed by atoms with Gasteiger partial charge in [0, 0.05) is 16.5 Å². The summed E-state index contributed by atoms with van der Waals surface area (Å²) in [6, 6.07) is 18.1. The molecule has 0 atom stereocenters. The van der Waals surface area contributed by atoms with Crippen LogP contribution in [0.1, 0.15) is 50.0 Å². The Labute approximate surface area is 171 Å². The van der Waals surface area contributed by atoms with Gasteiger partial charge in [-0.05, 0) is 28.7 Å². The number of halogens is 2. The standard InChI is InChI=1S/C26H26F2O/c1-5-6-20-15-16-22(24(28)23(20)27)19-11-7-17(8-12-19)18-9-13-21(14-10-18)25(29)26(2,3)4/h7-16H,5-6H2,1-4H3. The van der Waals surface area contributed by atoms with Gasteiger partial charge < -0.3 is 0 Å². The van der Waals surface area contributed by atoms with Gasteiger partial charge in [0.25, 0.3) is 0 Å². The second kappa shape index (κ2) is 8.28. The summed E-state index contributed by atoms with van der Waals surface area (Å²) >= 11 is 0. The fourth-order valence-electron chi connectivity index (χ4n) is 3.36. The highest BCUT2D eigenvalue weighted by molar-refractivity contribution is 6.00. The van der Waals surface area contributed by atoms with Crippen LogP contribution in [-0.2, 0) is 6.42 Å². The van der Waals surface area contributed by atoms with Gasteiger partial charge in [-0.2, -0.15) is 0 Å². The zero-order valence-corrected chi connectivity index (χ0v) is 17.4. The monoisotopic (exact) mass is 392 g/mol. The average molecular weight is 392 g/mol. The summed E-state index contributed by atoms with van der Waals surface area (Å²) in [5.41, 5.74) is 3.49. The van der Waals surface area contributed by atoms with Gasteiger partial charge in [-0.3, -0.25) is 4.79 Å². The van der Waals surface area contributed by atoms with Gasteiger partial charge in [0.15, 0.2) is 17.4 Å². The molecule has 0 saturated carbocycles. The topological polar surface area (TPSA) is 17.1 Å². The average Bonchev–Trinajstić information content (AvgIpc) is 2.71. The van der Waals surface area contributed by atoms with Crippen LogP contribution in [0.5, 0.6) is 0 Å². The van der Waals surface area contributed by atoms with Crippen molar-refractivity contribution in [3.8, 4) is 22.3 Å². The molecule has 3 heteroatoms. The lowest BCUT2D eigenvalue weighted by Crippen LogP contribution is -2.19. The highest BCUT2D eigenvalue weighted by Gasteiger charge is 2.22. The van der Waals surface area contributed by atoms with Crippen molar-refractivity contribution in [3.05, 3.63) is 83.4 Å². The Balaban J connectivity index is 1.86. The number of rotatable bonds is 5. The first kappa shape index (κ1) is 20.9. The van der Waals surface area contributed by atoms with Crippen LogP contribution in [0.2, 0.25) is 0 Å². The Morgan fingerprint density at radius 1 is 0.759 bits per heavy atom. The molecule has 0 unspecified atom stereocenters. The number of benzene rings is 3. The summed E-state index contributed by atoms with van der Waals surface area (Å²) in [4.78, 5) is 12.4. The molecule has 0 heterocycles. The van der Waals surface area contributed by atoms with Crippen molar-refractivity contribution < 1.29 is 13.6 Å². The van der Waals surface area contributed by atoms with Crippen LogP contribution in [0.3, 0.4) is 0 Å². The van der Waals surface area contributed by atoms with Gasteiger partial charge in [0.05, 0.1) is 0 Å². The number of carbonyl (C=O) groups is 1. The third-order valence-electron chi connectivity index (χ3n) is 5.04. The minimum absolute atomic E-state index is 0.100. The van der Waals surface area contributed by atoms with E-state index in [9.17, 15) is 13.6 Å². The molecule has 150 valence electrons. The lowest BCUT2D eigenvalue weighted by molar-refractivity contribution is 0.0858. The second-order valence-corrected chi connectivity index (χ2v) is 8.38. The van der Waals surface area contributed by atoms with E-state index in [-0.39, 0.29) is 11.3 Å². The van der Waals surface area contributed by atoms with Crippen LogP contribution in [0.25, 0.3) is 22.3 Å². The van der Waals surface area contributed by atoms with E-state index in [0.717, 1.165) is 17.5 Å². The van der Waals surface area contributed by atoms with Crippen molar-refractivity contribution in [2.75, 3.05) is 0 Å². The molecular weight excluding hydrogens is 366 g/mol. The summed E-state index contributed by atoms with van der Waals surface area (Å²) in [6.45, 7) is 7.64. The number of Topliss-reactive ketones (excluding diaryl/α,β-unsaturated/α-hetero) is 1. The number of carbonyl (C=O) groups excluding carboxylic acids is 1. The summed E-state index contributed by atoms with van der Waals surface area (Å²) < 4.78 is 28.8. The molecule has 0 aromatic heterocycles. The summed E-state index contributed by atoms with van der Waals surface area (Å²) in [7, 11) is 0. The molecule has 0 amide bonds. The summed E-state index contributed by atoms with van der Waals surface area (Å²) in [6.07, 6.45) is 1.29. The van der Waals surface area contributed by atoms with Crippen LogP contribution in [0.4, 0.5) is 8.78 Å². The smallest absolute Gasteiger partial charge is 0.168 e. The van der Waals surface area contributed by atoms with Crippen molar-refractivity contribution in [2.24, 2.45) is 5.41 Å². The highest BCUT2D eigenvalue weighted by atomic mass is 19.2. The normalized spacial score (nSPS) is 11.5. The summed E-state index contributed by atoms with van der Waals surface area (Å²) in [5, 5.41) is 0. The number of hydrogen-bond acceptors (Lipinski definition) is 1. The molecule has 0 bridgehead atoms. The maximum absolute atomic E-state index is 14.5. The van der Waals surface area contributed by atoms with Crippen LogP contribution in [0, 0.1) is 17.0 Å². The van der Waals surface area contributed by atoms with E-state index in [2.05, 4.69) is 0 Å². The van der Waals surface area contributed by atoms with E-state index in [1.165, 1.54) is 0 Å². The van der Waals surface area contributed by atoms with Crippen molar-refractivity contribution in [2.45, 2.75) is 40.5 Å². The van der Waals surface area contributed by atoms with Crippen molar-refractivity contribution in [3.63, 3.8) is 0 Å². The first-order valence-electron chi connectivity index (χ1n) is 9.95. The molecular formula is C26H26F2O. The Morgan fingerprint density at radius 2 is 1.28 bits per heavy atom. The maximum atomic E-state index is 14.5. The third-order valence-corrected chi connectivity index (χ3v) is 5.04. The summed E-state index contributed by atoms with van der Waals surface area (Å²) in [5.74, 6) is -1.45. The largest absolute Gasteiger partial charge is 0.294 e. The molecule has 29 heavy (non-hydrogen) atoms. The second-order valence-electron chi connectivity index (χ2n) is 8.38. The van der Waals surface area contributed by atoms with Crippen molar-refractivity contribution in [1.29, 1.82) is 0 Å². The molecule has 0 spiro atoms. The minimum atomic E-state index is -0.797. The van der Waals surface area contributed by atoms with E-state index >= 15 is 0 Å². The predicted molar refractivity (Wildman–Crippen MR) is 115 cm³/mol. The Morgan fingerprint density at radius 3 is 1.79 bits per heavy atom. The Bertz CT molecular complexity index is 1010. The Kier molecular flexibility index (Phi) is 5.97. The van der Waals surface area contributed by atoms with Gasteiger partial charge in [-0.1, -0.05) is 94.8 Å². The zero-order valence-electron chi connectivity index (χ0n) is 17.4. The van der Waals surface area contributed by atoms with Gasteiger partial charge in [0.1, 0.15) is 0 Å². The molecule has 0 aliphatic carbocycles. The fraction of sp³-hybridized carbons (Fsp3) is 0.269. The third kappa shape index (κ3) is 4.45. The maximum Gasteiger partial charge on any atom is 0.168 e. The molecule has 3 rings (SSSR count). The van der Waals surface area contributed by atoms with Crippen LogP contribution in [0.15, 0.2) is 60.7 Å². The van der Waals surface area contributed by atoms with E-state index < -0.39 is 17.0 Å². The molecule has 0 aliphatic rings. The first-order valence-corrected chi connectivity index (χ1v) is 9.95. The van der Waals surface area contributed by atoms with Crippen LogP contribution < -0.4 is 0 Å². The lowest BCUT2D eigenvalue weighted by Gasteiger charge is -2.16. The van der Waals surface area contributed by atoms with Gasteiger partial charge in [-0.15, -0.1) is 0 Å². The molecule has 1 nitrogen and oxygen atoms in total. The zero-order chi connectivity index (χ0) is 21.2. The van der Waals surface area contributed by atoms with Crippen molar-refractivity contribution in [1.82, 2.24) is 0 Å². The molecule has 0 radical (unpaired) electrons. The fourth-order valence-corrected chi connectivity index (χ4v) is 3.36. The minimum Gasteiger partial charge on any atom is -0.294 e.